The molecule has 1 amide bonds. The minimum atomic E-state index is -0.603. The van der Waals surface area contributed by atoms with Gasteiger partial charge in [-0.1, -0.05) is 27.7 Å². The molecule has 1 fully saturated rings. The molecule has 0 radical (unpaired) electrons. The Bertz CT molecular complexity index is 1080. The number of halogens is 1. The highest BCUT2D eigenvalue weighted by Crippen LogP contribution is 2.40. The van der Waals surface area contributed by atoms with Crippen molar-refractivity contribution in [2.75, 3.05) is 17.4 Å². The molecular formula is C24H31FN6O3. The number of benzene rings is 1. The maximum Gasteiger partial charge on any atom is 0.261 e. The van der Waals surface area contributed by atoms with Crippen molar-refractivity contribution in [1.82, 2.24) is 14.9 Å². The van der Waals surface area contributed by atoms with Crippen LogP contribution in [-0.2, 0) is 4.74 Å². The molecule has 0 aliphatic carbocycles. The van der Waals surface area contributed by atoms with E-state index in [4.69, 9.17) is 9.47 Å². The quantitative estimate of drug-likeness (QED) is 0.581. The molecular weight excluding hydrogens is 439 g/mol. The van der Waals surface area contributed by atoms with Gasteiger partial charge in [-0.2, -0.15) is 5.10 Å². The average molecular weight is 471 g/mol. The smallest absolute Gasteiger partial charge is 0.261 e. The lowest BCUT2D eigenvalue weighted by molar-refractivity contribution is 0.101. The summed E-state index contributed by atoms with van der Waals surface area (Å²) in [6.07, 6.45) is 3.01. The SMILES string of the molecule is CC(C)C[C@H](C)Oc1cc(N2N=C(C(C)C)N(C)C3OC32)c(F)cc1C(=O)Nc1ncccn1. The van der Waals surface area contributed by atoms with E-state index in [2.05, 4.69) is 34.2 Å². The van der Waals surface area contributed by atoms with E-state index in [-0.39, 0.29) is 41.2 Å². The summed E-state index contributed by atoms with van der Waals surface area (Å²) in [5, 5.41) is 8.80. The molecule has 9 nitrogen and oxygen atoms in total. The van der Waals surface area contributed by atoms with Crippen molar-refractivity contribution in [2.45, 2.75) is 59.6 Å². The van der Waals surface area contributed by atoms with Gasteiger partial charge in [-0.25, -0.2) is 19.4 Å². The fraction of sp³-hybridized carbons (Fsp3) is 0.500. The first kappa shape index (κ1) is 23.9. The lowest BCUT2D eigenvalue weighted by Crippen LogP contribution is -2.43. The van der Waals surface area contributed by atoms with Crippen LogP contribution in [-0.4, -0.2) is 52.2 Å². The number of amides is 1. The fourth-order valence-electron chi connectivity index (χ4n) is 4.09. The first-order valence-electron chi connectivity index (χ1n) is 11.5. The highest BCUT2D eigenvalue weighted by Gasteiger charge is 2.52. The van der Waals surface area contributed by atoms with Gasteiger partial charge < -0.3 is 14.4 Å². The number of fused-ring (bicyclic) bond motifs is 1. The van der Waals surface area contributed by atoms with Gasteiger partial charge in [0.15, 0.2) is 12.5 Å². The molecule has 3 heterocycles. The molecule has 2 unspecified atom stereocenters. The minimum absolute atomic E-state index is 0.0553. The van der Waals surface area contributed by atoms with Gasteiger partial charge in [0, 0.05) is 31.4 Å². The van der Waals surface area contributed by atoms with Crippen LogP contribution in [0, 0.1) is 17.7 Å². The number of hydrogen-bond acceptors (Lipinski definition) is 8. The van der Waals surface area contributed by atoms with Crippen molar-refractivity contribution >= 4 is 23.4 Å². The van der Waals surface area contributed by atoms with Crippen LogP contribution in [0.1, 0.15) is 51.4 Å². The van der Waals surface area contributed by atoms with Crippen LogP contribution in [0.4, 0.5) is 16.0 Å². The lowest BCUT2D eigenvalue weighted by Gasteiger charge is -2.31. The van der Waals surface area contributed by atoms with Gasteiger partial charge in [-0.3, -0.25) is 10.1 Å². The van der Waals surface area contributed by atoms with E-state index in [1.165, 1.54) is 29.5 Å². The summed E-state index contributed by atoms with van der Waals surface area (Å²) in [7, 11) is 1.92. The van der Waals surface area contributed by atoms with E-state index < -0.39 is 18.0 Å². The van der Waals surface area contributed by atoms with Crippen LogP contribution < -0.4 is 15.1 Å². The standard InChI is InChI=1S/C24H31FN6O3/c1-13(2)10-15(5)33-19-12-18(31-23-22(34-23)30(6)20(29-31)14(3)4)17(25)11-16(19)21(32)28-24-26-8-7-9-27-24/h7-9,11-15,22-23H,10H2,1-6H3,(H,26,27,28,32)/t15-,22?,23?/m0/s1. The second-order valence-electron chi connectivity index (χ2n) is 9.37. The largest absolute Gasteiger partial charge is 0.490 e. The molecule has 2 aliphatic heterocycles. The third kappa shape index (κ3) is 4.96. The number of hydrazone groups is 1. The monoisotopic (exact) mass is 470 g/mol. The second-order valence-corrected chi connectivity index (χ2v) is 9.37. The van der Waals surface area contributed by atoms with E-state index in [0.29, 0.717) is 5.92 Å². The number of ether oxygens (including phenoxy) is 2. The van der Waals surface area contributed by atoms with Crippen molar-refractivity contribution in [3.8, 4) is 5.75 Å². The van der Waals surface area contributed by atoms with Gasteiger partial charge in [-0.05, 0) is 31.4 Å². The Morgan fingerprint density at radius 2 is 1.88 bits per heavy atom. The molecule has 10 heteroatoms. The number of likely N-dealkylation sites (N-methyl/N-ethyl adjacent to an activating group) is 1. The number of nitrogens with one attached hydrogen (secondary N) is 1. The molecule has 4 rings (SSSR count). The van der Waals surface area contributed by atoms with Gasteiger partial charge in [0.25, 0.3) is 5.91 Å². The number of epoxide rings is 1. The maximum atomic E-state index is 15.4. The topological polar surface area (TPSA) is 95.5 Å². The molecule has 0 saturated carbocycles. The summed E-state index contributed by atoms with van der Waals surface area (Å²) < 4.78 is 27.3. The van der Waals surface area contributed by atoms with Gasteiger partial charge in [-0.15, -0.1) is 0 Å². The number of amidine groups is 1. The Morgan fingerprint density at radius 1 is 1.18 bits per heavy atom. The molecule has 2 aromatic rings. The Balaban J connectivity index is 1.71. The molecule has 0 bridgehead atoms. The Morgan fingerprint density at radius 3 is 2.53 bits per heavy atom. The molecule has 1 aromatic heterocycles. The zero-order valence-electron chi connectivity index (χ0n) is 20.3. The lowest BCUT2D eigenvalue weighted by atomic mass is 10.1. The van der Waals surface area contributed by atoms with Crippen LogP contribution in [0.5, 0.6) is 5.75 Å². The third-order valence-corrected chi connectivity index (χ3v) is 5.62. The zero-order valence-corrected chi connectivity index (χ0v) is 20.3. The molecule has 1 aromatic carbocycles. The number of anilines is 2. The van der Waals surface area contributed by atoms with E-state index in [9.17, 15) is 4.79 Å². The zero-order chi connectivity index (χ0) is 24.6. The summed E-state index contributed by atoms with van der Waals surface area (Å²) in [5.41, 5.74) is 0.248. The molecule has 2 aliphatic rings. The van der Waals surface area contributed by atoms with Crippen molar-refractivity contribution in [1.29, 1.82) is 0 Å². The third-order valence-electron chi connectivity index (χ3n) is 5.62. The predicted molar refractivity (Wildman–Crippen MR) is 127 cm³/mol. The summed E-state index contributed by atoms with van der Waals surface area (Å²) in [4.78, 5) is 23.0. The first-order chi connectivity index (χ1) is 16.2. The van der Waals surface area contributed by atoms with Crippen LogP contribution in [0.2, 0.25) is 0 Å². The Kier molecular flexibility index (Phi) is 6.70. The molecule has 34 heavy (non-hydrogen) atoms. The second kappa shape index (κ2) is 9.54. The van der Waals surface area contributed by atoms with Crippen molar-refractivity contribution < 1.29 is 18.7 Å². The van der Waals surface area contributed by atoms with E-state index in [1.54, 1.807) is 6.07 Å². The normalized spacial score (nSPS) is 20.2. The Labute approximate surface area is 199 Å². The molecule has 3 atom stereocenters. The van der Waals surface area contributed by atoms with Crippen molar-refractivity contribution in [3.05, 3.63) is 42.0 Å². The average Bonchev–Trinajstić information content (AvgIpc) is 3.57. The predicted octanol–water partition coefficient (Wildman–Crippen LogP) is 4.09. The van der Waals surface area contributed by atoms with Gasteiger partial charge in [0.05, 0.1) is 11.7 Å². The Hall–Kier alpha value is -3.27. The van der Waals surface area contributed by atoms with Gasteiger partial charge in [0.1, 0.15) is 23.1 Å². The van der Waals surface area contributed by atoms with E-state index >= 15 is 4.39 Å². The fourth-order valence-corrected chi connectivity index (χ4v) is 4.09. The minimum Gasteiger partial charge on any atom is -0.490 e. The number of carbonyl (C=O) groups excluding carboxylic acids is 1. The van der Waals surface area contributed by atoms with Crippen molar-refractivity contribution in [2.24, 2.45) is 16.9 Å². The summed E-state index contributed by atoms with van der Waals surface area (Å²) in [6.45, 7) is 10.2. The summed E-state index contributed by atoms with van der Waals surface area (Å²) in [6, 6.07) is 4.34. The highest BCUT2D eigenvalue weighted by atomic mass is 19.1. The molecule has 1 N–H and O–H groups in total. The summed E-state index contributed by atoms with van der Waals surface area (Å²) >= 11 is 0. The number of carbonyl (C=O) groups is 1. The highest BCUT2D eigenvalue weighted by molar-refractivity contribution is 6.05. The van der Waals surface area contributed by atoms with E-state index in [1.807, 2.05) is 32.7 Å². The van der Waals surface area contributed by atoms with Gasteiger partial charge in [0.2, 0.25) is 5.95 Å². The first-order valence-corrected chi connectivity index (χ1v) is 11.5. The van der Waals surface area contributed by atoms with E-state index in [0.717, 1.165) is 12.3 Å². The van der Waals surface area contributed by atoms with Crippen LogP contribution in [0.25, 0.3) is 0 Å². The number of nitrogens with zero attached hydrogens (tertiary/aromatic N) is 5. The van der Waals surface area contributed by atoms with Crippen LogP contribution in [0.15, 0.2) is 35.7 Å². The van der Waals surface area contributed by atoms with Crippen LogP contribution in [0.3, 0.4) is 0 Å². The summed E-state index contributed by atoms with van der Waals surface area (Å²) in [5.74, 6) is 0.520. The molecule has 182 valence electrons. The van der Waals surface area contributed by atoms with Crippen LogP contribution >= 0.6 is 0 Å². The molecule has 1 saturated heterocycles. The maximum absolute atomic E-state index is 15.4. The number of aromatic nitrogens is 2. The number of rotatable bonds is 8. The molecule has 0 spiro atoms. The van der Waals surface area contributed by atoms with Gasteiger partial charge >= 0.3 is 0 Å². The number of hydrogen-bond donors (Lipinski definition) is 1. The van der Waals surface area contributed by atoms with Crippen molar-refractivity contribution in [3.63, 3.8) is 0 Å².